The lowest BCUT2D eigenvalue weighted by atomic mass is 10.3. The van der Waals surface area contributed by atoms with E-state index < -0.39 is 0 Å². The second kappa shape index (κ2) is 3.93. The van der Waals surface area contributed by atoms with Gasteiger partial charge in [0.2, 0.25) is 0 Å². The van der Waals surface area contributed by atoms with Crippen LogP contribution in [-0.4, -0.2) is 11.5 Å². The number of rotatable bonds is 4. The molecule has 0 spiro atoms. The molecule has 3 heteroatoms. The predicted octanol–water partition coefficient (Wildman–Crippen LogP) is 1.89. The Kier molecular flexibility index (Phi) is 2.80. The van der Waals surface area contributed by atoms with Crippen LogP contribution in [0.25, 0.3) is 0 Å². The molecule has 0 aromatic carbocycles. The number of oxazole rings is 1. The van der Waals surface area contributed by atoms with Crippen LogP contribution in [0.2, 0.25) is 0 Å². The average Bonchev–Trinajstić information content (AvgIpc) is 2.41. The molecule has 10 heavy (non-hydrogen) atoms. The first kappa shape index (κ1) is 7.12. The zero-order valence-electron chi connectivity index (χ0n) is 6.13. The molecule has 0 saturated heterocycles. The minimum absolute atomic E-state index is 0.827. The third-order valence-corrected chi connectivity index (χ3v) is 1.27. The van der Waals surface area contributed by atoms with Crippen LogP contribution in [0.1, 0.15) is 19.8 Å². The van der Waals surface area contributed by atoms with Crippen molar-refractivity contribution in [1.82, 2.24) is 4.98 Å². The van der Waals surface area contributed by atoms with Crippen LogP contribution < -0.4 is 5.32 Å². The Labute approximate surface area is 60.5 Å². The molecule has 1 rings (SSSR count). The topological polar surface area (TPSA) is 38.1 Å². The molecule has 0 radical (unpaired) electrons. The number of nitrogens with one attached hydrogen (secondary N) is 1. The van der Waals surface area contributed by atoms with Crippen LogP contribution in [0.4, 0.5) is 5.82 Å². The molecule has 0 aliphatic rings. The third kappa shape index (κ3) is 2.09. The molecular formula is C7H12N2O. The quantitative estimate of drug-likeness (QED) is 0.649. The lowest BCUT2D eigenvalue weighted by Gasteiger charge is -1.97. The van der Waals surface area contributed by atoms with Crippen LogP contribution in [-0.2, 0) is 0 Å². The maximum atomic E-state index is 4.77. The van der Waals surface area contributed by atoms with Gasteiger partial charge in [0, 0.05) is 6.54 Å². The molecular weight excluding hydrogens is 128 g/mol. The van der Waals surface area contributed by atoms with E-state index in [4.69, 9.17) is 4.42 Å². The average molecular weight is 140 g/mol. The van der Waals surface area contributed by atoms with E-state index in [9.17, 15) is 0 Å². The highest BCUT2D eigenvalue weighted by Gasteiger charge is 1.90. The summed E-state index contributed by atoms with van der Waals surface area (Å²) < 4.78 is 4.77. The van der Waals surface area contributed by atoms with Gasteiger partial charge in [0.1, 0.15) is 6.26 Å². The third-order valence-electron chi connectivity index (χ3n) is 1.27. The highest BCUT2D eigenvalue weighted by atomic mass is 16.3. The van der Waals surface area contributed by atoms with Crippen LogP contribution in [0, 0.1) is 0 Å². The van der Waals surface area contributed by atoms with Crippen LogP contribution in [0.5, 0.6) is 0 Å². The maximum absolute atomic E-state index is 4.77. The molecule has 0 amide bonds. The predicted molar refractivity (Wildman–Crippen MR) is 39.9 cm³/mol. The van der Waals surface area contributed by atoms with E-state index in [0.717, 1.165) is 12.4 Å². The number of anilines is 1. The normalized spacial score (nSPS) is 9.70. The summed E-state index contributed by atoms with van der Waals surface area (Å²) in [7, 11) is 0. The van der Waals surface area contributed by atoms with Crippen molar-refractivity contribution in [2.45, 2.75) is 19.8 Å². The van der Waals surface area contributed by atoms with Crippen molar-refractivity contribution < 1.29 is 4.42 Å². The van der Waals surface area contributed by atoms with E-state index in [1.54, 1.807) is 6.26 Å². The van der Waals surface area contributed by atoms with E-state index in [2.05, 4.69) is 17.2 Å². The number of unbranched alkanes of at least 4 members (excludes halogenated alkanes) is 1. The maximum Gasteiger partial charge on any atom is 0.182 e. The molecule has 0 fully saturated rings. The van der Waals surface area contributed by atoms with E-state index >= 15 is 0 Å². The number of hydrogen-bond acceptors (Lipinski definition) is 3. The summed E-state index contributed by atoms with van der Waals surface area (Å²) in [6.45, 7) is 3.13. The first-order valence-corrected chi connectivity index (χ1v) is 3.55. The molecule has 0 unspecified atom stereocenters. The second-order valence-electron chi connectivity index (χ2n) is 2.15. The summed E-state index contributed by atoms with van der Waals surface area (Å²) in [4.78, 5) is 3.91. The van der Waals surface area contributed by atoms with E-state index in [1.165, 1.54) is 19.2 Å². The zero-order valence-corrected chi connectivity index (χ0v) is 6.13. The minimum Gasteiger partial charge on any atom is -0.449 e. The fourth-order valence-corrected chi connectivity index (χ4v) is 0.693. The van der Waals surface area contributed by atoms with Gasteiger partial charge in [-0.2, -0.15) is 4.98 Å². The van der Waals surface area contributed by atoms with Crippen molar-refractivity contribution in [1.29, 1.82) is 0 Å². The Bertz CT molecular complexity index is 160. The first-order valence-electron chi connectivity index (χ1n) is 3.55. The summed E-state index contributed by atoms with van der Waals surface area (Å²) >= 11 is 0. The molecule has 1 heterocycles. The minimum atomic E-state index is 0.827. The van der Waals surface area contributed by atoms with Gasteiger partial charge in [-0.15, -0.1) is 0 Å². The summed E-state index contributed by atoms with van der Waals surface area (Å²) in [6, 6.07) is 0. The Morgan fingerprint density at radius 1 is 1.70 bits per heavy atom. The highest BCUT2D eigenvalue weighted by Crippen LogP contribution is 2.00. The fourth-order valence-electron chi connectivity index (χ4n) is 0.693. The van der Waals surface area contributed by atoms with Crippen LogP contribution >= 0.6 is 0 Å². The number of nitrogens with zero attached hydrogens (tertiary/aromatic N) is 1. The monoisotopic (exact) mass is 140 g/mol. The Morgan fingerprint density at radius 3 is 3.20 bits per heavy atom. The van der Waals surface area contributed by atoms with Gasteiger partial charge in [-0.1, -0.05) is 13.3 Å². The van der Waals surface area contributed by atoms with Crippen molar-refractivity contribution in [3.8, 4) is 0 Å². The molecule has 1 aromatic heterocycles. The van der Waals surface area contributed by atoms with Crippen molar-refractivity contribution in [3.63, 3.8) is 0 Å². The first-order chi connectivity index (χ1) is 4.93. The van der Waals surface area contributed by atoms with Gasteiger partial charge in [-0.05, 0) is 6.42 Å². The molecule has 1 aromatic rings. The summed E-state index contributed by atoms with van der Waals surface area (Å²) in [5.74, 6) is 0.827. The van der Waals surface area contributed by atoms with Gasteiger partial charge in [0.15, 0.2) is 12.2 Å². The van der Waals surface area contributed by atoms with E-state index in [1.807, 2.05) is 0 Å². The Balaban J connectivity index is 2.15. The van der Waals surface area contributed by atoms with E-state index in [0.29, 0.717) is 0 Å². The summed E-state index contributed by atoms with van der Waals surface area (Å²) in [5, 5.41) is 3.12. The largest absolute Gasteiger partial charge is 0.449 e. The molecule has 0 aliphatic carbocycles. The van der Waals surface area contributed by atoms with E-state index in [-0.39, 0.29) is 0 Å². The Morgan fingerprint density at radius 2 is 2.60 bits per heavy atom. The zero-order chi connectivity index (χ0) is 7.23. The lowest BCUT2D eigenvalue weighted by Crippen LogP contribution is -2.00. The summed E-state index contributed by atoms with van der Waals surface area (Å²) in [6.07, 6.45) is 5.40. The molecule has 0 bridgehead atoms. The smallest absolute Gasteiger partial charge is 0.182 e. The number of aromatic nitrogens is 1. The second-order valence-corrected chi connectivity index (χ2v) is 2.15. The molecule has 0 saturated carbocycles. The van der Waals surface area contributed by atoms with Gasteiger partial charge in [0.25, 0.3) is 0 Å². The highest BCUT2D eigenvalue weighted by molar-refractivity contribution is 5.28. The lowest BCUT2D eigenvalue weighted by molar-refractivity contribution is 0.558. The van der Waals surface area contributed by atoms with Crippen molar-refractivity contribution in [3.05, 3.63) is 12.7 Å². The van der Waals surface area contributed by atoms with Crippen LogP contribution in [0.3, 0.4) is 0 Å². The van der Waals surface area contributed by atoms with Gasteiger partial charge in [-0.25, -0.2) is 0 Å². The molecule has 1 N–H and O–H groups in total. The summed E-state index contributed by atoms with van der Waals surface area (Å²) in [5.41, 5.74) is 0. The van der Waals surface area contributed by atoms with Gasteiger partial charge >= 0.3 is 0 Å². The molecule has 3 nitrogen and oxygen atoms in total. The number of hydrogen-bond donors (Lipinski definition) is 1. The van der Waals surface area contributed by atoms with Crippen molar-refractivity contribution >= 4 is 5.82 Å². The molecule has 0 atom stereocenters. The standard InChI is InChI=1S/C7H12N2O/c1-2-3-4-8-7-5-10-6-9-7/h5-6,8H,2-4H2,1H3. The van der Waals surface area contributed by atoms with Crippen LogP contribution in [0.15, 0.2) is 17.1 Å². The van der Waals surface area contributed by atoms with Crippen molar-refractivity contribution in [2.24, 2.45) is 0 Å². The van der Waals surface area contributed by atoms with Gasteiger partial charge in [-0.3, -0.25) is 0 Å². The fraction of sp³-hybridized carbons (Fsp3) is 0.571. The van der Waals surface area contributed by atoms with Gasteiger partial charge in [0.05, 0.1) is 0 Å². The molecule has 0 aliphatic heterocycles. The Hall–Kier alpha value is -0.990. The SMILES string of the molecule is CCCCNc1cocn1. The molecule has 56 valence electrons. The van der Waals surface area contributed by atoms with Crippen molar-refractivity contribution in [2.75, 3.05) is 11.9 Å². The van der Waals surface area contributed by atoms with Gasteiger partial charge < -0.3 is 9.73 Å².